The molecule has 10 nitrogen and oxygen atoms in total. The quantitative estimate of drug-likeness (QED) is 0.761. The normalized spacial score (nSPS) is 12.2. The maximum Gasteiger partial charge on any atom is 0.369 e. The Morgan fingerprint density at radius 1 is 1.15 bits per heavy atom. The summed E-state index contributed by atoms with van der Waals surface area (Å²) in [4.78, 5) is 61.1. The number of H-pyrrole nitrogens is 1. The van der Waals surface area contributed by atoms with Gasteiger partial charge in [0.1, 0.15) is 0 Å². The molecular formula is C17H24N4O6. The van der Waals surface area contributed by atoms with Crippen molar-refractivity contribution in [2.45, 2.75) is 54.7 Å². The number of carbonyl (C=O) groups is 2. The van der Waals surface area contributed by atoms with Crippen LogP contribution in [0.15, 0.2) is 15.9 Å². The standard InChI is InChI=1S/C17H24N4O6/c1-7-17(5,6)14(24)27-21-12(22)10-11(19-8-18-10)20(15(21)25)9-26-13(23)16(2,3)4/h8H,7,9H2,1-6H3,(H,18,19). The summed E-state index contributed by atoms with van der Waals surface area (Å²) in [7, 11) is 0. The van der Waals surface area contributed by atoms with E-state index >= 15 is 0 Å². The zero-order valence-corrected chi connectivity index (χ0v) is 16.3. The monoisotopic (exact) mass is 380 g/mol. The van der Waals surface area contributed by atoms with Crippen LogP contribution >= 0.6 is 0 Å². The van der Waals surface area contributed by atoms with Crippen LogP contribution in [0.25, 0.3) is 11.2 Å². The van der Waals surface area contributed by atoms with E-state index in [0.717, 1.165) is 4.57 Å². The van der Waals surface area contributed by atoms with Crippen LogP contribution in [0, 0.1) is 10.8 Å². The van der Waals surface area contributed by atoms with Crippen molar-refractivity contribution < 1.29 is 19.2 Å². The maximum atomic E-state index is 12.7. The van der Waals surface area contributed by atoms with Gasteiger partial charge in [0.05, 0.1) is 17.2 Å². The number of nitrogens with zero attached hydrogens (tertiary/aromatic N) is 3. The third kappa shape index (κ3) is 3.93. The Morgan fingerprint density at radius 2 is 1.78 bits per heavy atom. The molecule has 2 aromatic rings. The number of hydrogen-bond acceptors (Lipinski definition) is 7. The lowest BCUT2D eigenvalue weighted by Crippen LogP contribution is -2.48. The van der Waals surface area contributed by atoms with Crippen LogP contribution in [0.5, 0.6) is 0 Å². The van der Waals surface area contributed by atoms with Crippen LogP contribution < -0.4 is 16.1 Å². The van der Waals surface area contributed by atoms with Crippen LogP contribution in [-0.4, -0.2) is 31.2 Å². The van der Waals surface area contributed by atoms with Crippen molar-refractivity contribution in [2.75, 3.05) is 0 Å². The molecule has 0 radical (unpaired) electrons. The summed E-state index contributed by atoms with van der Waals surface area (Å²) in [6, 6.07) is 0. The number of carbonyl (C=O) groups excluding carboxylic acids is 2. The van der Waals surface area contributed by atoms with Crippen LogP contribution in [0.2, 0.25) is 0 Å². The van der Waals surface area contributed by atoms with Crippen LogP contribution in [0.4, 0.5) is 0 Å². The molecule has 0 aromatic carbocycles. The second-order valence-electron chi connectivity index (χ2n) is 7.84. The molecule has 0 bridgehead atoms. The fourth-order valence-corrected chi connectivity index (χ4v) is 1.93. The second-order valence-corrected chi connectivity index (χ2v) is 7.84. The molecule has 0 atom stereocenters. The summed E-state index contributed by atoms with van der Waals surface area (Å²) in [6.07, 6.45) is 1.67. The molecule has 2 heterocycles. The third-order valence-corrected chi connectivity index (χ3v) is 4.23. The lowest BCUT2D eigenvalue weighted by atomic mass is 9.91. The molecule has 0 aliphatic carbocycles. The Kier molecular flexibility index (Phi) is 5.30. The Labute approximate surface area is 155 Å². The smallest absolute Gasteiger partial charge is 0.369 e. The molecule has 0 saturated heterocycles. The first-order valence-corrected chi connectivity index (χ1v) is 8.49. The van der Waals surface area contributed by atoms with Crippen molar-refractivity contribution in [2.24, 2.45) is 10.8 Å². The van der Waals surface area contributed by atoms with E-state index in [1.165, 1.54) is 6.33 Å². The Balaban J connectivity index is 2.51. The second kappa shape index (κ2) is 7.01. The lowest BCUT2D eigenvalue weighted by molar-refractivity contribution is -0.159. The molecule has 27 heavy (non-hydrogen) atoms. The number of fused-ring (bicyclic) bond motifs is 1. The first-order valence-electron chi connectivity index (χ1n) is 8.49. The number of ether oxygens (including phenoxy) is 1. The summed E-state index contributed by atoms with van der Waals surface area (Å²) in [5.41, 5.74) is -3.55. The van der Waals surface area contributed by atoms with Crippen molar-refractivity contribution in [3.8, 4) is 0 Å². The summed E-state index contributed by atoms with van der Waals surface area (Å²) < 4.78 is 6.45. The summed E-state index contributed by atoms with van der Waals surface area (Å²) in [5, 5.41) is 0. The van der Waals surface area contributed by atoms with E-state index in [-0.39, 0.29) is 11.2 Å². The Morgan fingerprint density at radius 3 is 2.33 bits per heavy atom. The highest BCUT2D eigenvalue weighted by atomic mass is 16.7. The molecule has 2 aromatic heterocycles. The number of rotatable bonds is 5. The highest BCUT2D eigenvalue weighted by Crippen LogP contribution is 2.20. The van der Waals surface area contributed by atoms with Gasteiger partial charge in [-0.15, -0.1) is 0 Å². The zero-order valence-electron chi connectivity index (χ0n) is 16.3. The number of nitrogens with one attached hydrogen (secondary N) is 1. The first-order chi connectivity index (χ1) is 12.4. The van der Waals surface area contributed by atoms with Gasteiger partial charge in [-0.25, -0.2) is 19.1 Å². The van der Waals surface area contributed by atoms with Gasteiger partial charge in [0.2, 0.25) is 0 Å². The van der Waals surface area contributed by atoms with Crippen LogP contribution in [-0.2, 0) is 21.1 Å². The minimum atomic E-state index is -0.971. The largest absolute Gasteiger partial charge is 0.443 e. The SMILES string of the molecule is CCC(C)(C)C(=O)On1c(=O)c2[nH]cnc2n(COC(=O)C(C)(C)C)c1=O. The third-order valence-electron chi connectivity index (χ3n) is 4.23. The lowest BCUT2D eigenvalue weighted by Gasteiger charge is -2.20. The van der Waals surface area contributed by atoms with E-state index in [9.17, 15) is 19.2 Å². The fourth-order valence-electron chi connectivity index (χ4n) is 1.93. The van der Waals surface area contributed by atoms with Gasteiger partial charge in [-0.1, -0.05) is 11.7 Å². The van der Waals surface area contributed by atoms with Crippen molar-refractivity contribution in [3.05, 3.63) is 27.2 Å². The highest BCUT2D eigenvalue weighted by molar-refractivity contribution is 5.76. The van der Waals surface area contributed by atoms with Crippen LogP contribution in [0.1, 0.15) is 48.0 Å². The molecule has 2 rings (SSSR count). The number of aromatic amines is 1. The molecule has 0 aliphatic heterocycles. The molecule has 0 fully saturated rings. The minimum Gasteiger partial charge on any atom is -0.443 e. The van der Waals surface area contributed by atoms with E-state index < -0.39 is 40.7 Å². The average molecular weight is 380 g/mol. The van der Waals surface area contributed by atoms with Gasteiger partial charge < -0.3 is 14.6 Å². The van der Waals surface area contributed by atoms with E-state index in [1.807, 2.05) is 0 Å². The average Bonchev–Trinajstić information content (AvgIpc) is 3.06. The number of hydrogen-bond donors (Lipinski definition) is 1. The van der Waals surface area contributed by atoms with Crippen molar-refractivity contribution in [3.63, 3.8) is 0 Å². The van der Waals surface area contributed by atoms with Gasteiger partial charge in [0, 0.05) is 0 Å². The molecule has 10 heteroatoms. The topological polar surface area (TPSA) is 125 Å². The van der Waals surface area contributed by atoms with Gasteiger partial charge in [-0.2, -0.15) is 0 Å². The molecule has 0 aliphatic rings. The van der Waals surface area contributed by atoms with Gasteiger partial charge >= 0.3 is 23.2 Å². The number of esters is 1. The predicted molar refractivity (Wildman–Crippen MR) is 95.8 cm³/mol. The molecule has 148 valence electrons. The first kappa shape index (κ1) is 20.4. The molecule has 0 saturated carbocycles. The molecule has 0 unspecified atom stereocenters. The van der Waals surface area contributed by atoms with Crippen molar-refractivity contribution >= 4 is 23.1 Å². The minimum absolute atomic E-state index is 0.00578. The van der Waals surface area contributed by atoms with Gasteiger partial charge in [-0.3, -0.25) is 9.59 Å². The maximum absolute atomic E-state index is 12.7. The molecule has 1 N–H and O–H groups in total. The number of aromatic nitrogens is 4. The number of imidazole rings is 1. The zero-order chi connectivity index (χ0) is 20.6. The molecule has 0 amide bonds. The molecule has 0 spiro atoms. The summed E-state index contributed by atoms with van der Waals surface area (Å²) >= 11 is 0. The van der Waals surface area contributed by atoms with Gasteiger partial charge in [0.25, 0.3) is 0 Å². The van der Waals surface area contributed by atoms with Gasteiger partial charge in [0.15, 0.2) is 17.9 Å². The van der Waals surface area contributed by atoms with E-state index in [0.29, 0.717) is 11.2 Å². The predicted octanol–water partition coefficient (Wildman–Crippen LogP) is 0.824. The van der Waals surface area contributed by atoms with Crippen LogP contribution in [0.3, 0.4) is 0 Å². The Bertz CT molecular complexity index is 989. The molecular weight excluding hydrogens is 356 g/mol. The van der Waals surface area contributed by atoms with Crippen molar-refractivity contribution in [1.29, 1.82) is 0 Å². The van der Waals surface area contributed by atoms with Gasteiger partial charge in [-0.05, 0) is 41.0 Å². The fraction of sp³-hybridized carbons (Fsp3) is 0.588. The van der Waals surface area contributed by atoms with Crippen molar-refractivity contribution in [1.82, 2.24) is 19.3 Å². The van der Waals surface area contributed by atoms with E-state index in [1.54, 1.807) is 41.5 Å². The van der Waals surface area contributed by atoms with E-state index in [2.05, 4.69) is 9.97 Å². The van der Waals surface area contributed by atoms with E-state index in [4.69, 9.17) is 9.57 Å². The Hall–Kier alpha value is -2.91. The summed E-state index contributed by atoms with van der Waals surface area (Å²) in [6.45, 7) is 9.57. The highest BCUT2D eigenvalue weighted by Gasteiger charge is 2.30. The summed E-state index contributed by atoms with van der Waals surface area (Å²) in [5.74, 6) is -1.28.